The minimum Gasteiger partial charge on any atom is -0.481 e. The Labute approximate surface area is 206 Å². The Morgan fingerprint density at radius 2 is 1.91 bits per heavy atom. The highest BCUT2D eigenvalue weighted by Crippen LogP contribution is 2.33. The van der Waals surface area contributed by atoms with Crippen LogP contribution in [0.15, 0.2) is 51.8 Å². The first-order valence-corrected chi connectivity index (χ1v) is 11.2. The van der Waals surface area contributed by atoms with E-state index in [9.17, 15) is 9.59 Å². The normalized spacial score (nSPS) is 11.8. The summed E-state index contributed by atoms with van der Waals surface area (Å²) in [7, 11) is 2.80. The van der Waals surface area contributed by atoms with E-state index in [4.69, 9.17) is 25.5 Å². The minimum absolute atomic E-state index is 0.0608. The Balaban J connectivity index is 1.87. The largest absolute Gasteiger partial charge is 0.481 e. The van der Waals surface area contributed by atoms with Gasteiger partial charge in [-0.2, -0.15) is 0 Å². The molecule has 0 aliphatic rings. The third kappa shape index (κ3) is 4.70. The van der Waals surface area contributed by atoms with Gasteiger partial charge in [-0.15, -0.1) is 0 Å². The quantitative estimate of drug-likeness (QED) is 0.278. The predicted molar refractivity (Wildman–Crippen MR) is 134 cm³/mol. The predicted octanol–water partition coefficient (Wildman–Crippen LogP) is 5.49. The van der Waals surface area contributed by atoms with Crippen LogP contribution in [-0.4, -0.2) is 30.2 Å². The van der Waals surface area contributed by atoms with Crippen LogP contribution in [0.2, 0.25) is 5.15 Å². The van der Waals surface area contributed by atoms with Gasteiger partial charge in [-0.05, 0) is 50.6 Å². The molecule has 0 saturated heterocycles. The SMILES string of the molecule is COC(=O)c1nc(Cl)ccc1N[C@H](C)c1cc(C)cc2c(=O)c(C)c(-c3ccnc(OC)c3)oc12. The summed E-state index contributed by atoms with van der Waals surface area (Å²) >= 11 is 5.99. The second-order valence-corrected chi connectivity index (χ2v) is 8.48. The van der Waals surface area contributed by atoms with Crippen molar-refractivity contribution in [3.8, 4) is 17.2 Å². The van der Waals surface area contributed by atoms with Crippen molar-refractivity contribution >= 4 is 34.2 Å². The van der Waals surface area contributed by atoms with Gasteiger partial charge in [-0.25, -0.2) is 14.8 Å². The fourth-order valence-corrected chi connectivity index (χ4v) is 4.09. The van der Waals surface area contributed by atoms with Gasteiger partial charge in [0.05, 0.1) is 31.3 Å². The van der Waals surface area contributed by atoms with Crippen LogP contribution in [0.5, 0.6) is 5.88 Å². The first kappa shape index (κ1) is 24.2. The summed E-state index contributed by atoms with van der Waals surface area (Å²) in [6, 6.07) is 10.1. The molecule has 0 spiro atoms. The van der Waals surface area contributed by atoms with Crippen LogP contribution in [0.25, 0.3) is 22.3 Å². The van der Waals surface area contributed by atoms with Crippen molar-refractivity contribution in [2.45, 2.75) is 26.8 Å². The third-order valence-electron chi connectivity index (χ3n) is 5.68. The summed E-state index contributed by atoms with van der Waals surface area (Å²) in [6.45, 7) is 5.55. The molecule has 1 atom stereocenters. The van der Waals surface area contributed by atoms with Crippen LogP contribution in [0.3, 0.4) is 0 Å². The van der Waals surface area contributed by atoms with Crippen molar-refractivity contribution in [3.63, 3.8) is 0 Å². The molecule has 0 aliphatic heterocycles. The maximum atomic E-state index is 13.4. The number of hydrogen-bond acceptors (Lipinski definition) is 8. The highest BCUT2D eigenvalue weighted by molar-refractivity contribution is 6.29. The molecule has 4 aromatic rings. The van der Waals surface area contributed by atoms with Crippen molar-refractivity contribution in [1.29, 1.82) is 0 Å². The molecule has 0 saturated carbocycles. The Morgan fingerprint density at radius 3 is 2.63 bits per heavy atom. The van der Waals surface area contributed by atoms with E-state index in [1.54, 1.807) is 37.4 Å². The van der Waals surface area contributed by atoms with Gasteiger partial charge in [-0.1, -0.05) is 17.7 Å². The van der Waals surface area contributed by atoms with Gasteiger partial charge in [-0.3, -0.25) is 4.79 Å². The number of aryl methyl sites for hydroxylation is 1. The molecule has 3 aromatic heterocycles. The Kier molecular flexibility index (Phi) is 6.75. The zero-order chi connectivity index (χ0) is 25.3. The molecule has 0 fully saturated rings. The molecule has 0 aliphatic carbocycles. The first-order valence-electron chi connectivity index (χ1n) is 10.8. The number of esters is 1. The first-order chi connectivity index (χ1) is 16.7. The molecule has 1 N–H and O–H groups in total. The molecular weight excluding hydrogens is 470 g/mol. The van der Waals surface area contributed by atoms with E-state index in [2.05, 4.69) is 15.3 Å². The number of methoxy groups -OCH3 is 2. The lowest BCUT2D eigenvalue weighted by Crippen LogP contribution is -2.15. The number of carbonyl (C=O) groups is 1. The summed E-state index contributed by atoms with van der Waals surface area (Å²) in [5.74, 6) is 0.227. The maximum absolute atomic E-state index is 13.4. The van der Waals surface area contributed by atoms with Gasteiger partial charge in [0.1, 0.15) is 16.5 Å². The number of fused-ring (bicyclic) bond motifs is 1. The number of carbonyl (C=O) groups excluding carboxylic acids is 1. The number of pyridine rings is 2. The van der Waals surface area contributed by atoms with Crippen molar-refractivity contribution in [1.82, 2.24) is 9.97 Å². The number of hydrogen-bond donors (Lipinski definition) is 1. The number of halogens is 1. The number of benzene rings is 1. The molecule has 0 bridgehead atoms. The summed E-state index contributed by atoms with van der Waals surface area (Å²) in [6.07, 6.45) is 1.60. The number of nitrogens with one attached hydrogen (secondary N) is 1. The molecule has 0 amide bonds. The van der Waals surface area contributed by atoms with Gasteiger partial charge in [0, 0.05) is 29.0 Å². The average molecular weight is 494 g/mol. The van der Waals surface area contributed by atoms with Crippen molar-refractivity contribution in [2.24, 2.45) is 0 Å². The van der Waals surface area contributed by atoms with Crippen LogP contribution in [0.1, 0.15) is 40.1 Å². The van der Waals surface area contributed by atoms with Crippen LogP contribution in [0, 0.1) is 13.8 Å². The van der Waals surface area contributed by atoms with E-state index in [0.717, 1.165) is 11.1 Å². The average Bonchev–Trinajstić information content (AvgIpc) is 2.86. The molecule has 9 heteroatoms. The number of nitrogens with zero attached hydrogens (tertiary/aromatic N) is 2. The number of aromatic nitrogens is 2. The van der Waals surface area contributed by atoms with Crippen LogP contribution in [-0.2, 0) is 4.74 Å². The van der Waals surface area contributed by atoms with E-state index in [0.29, 0.717) is 39.4 Å². The highest BCUT2D eigenvalue weighted by Gasteiger charge is 2.21. The fourth-order valence-electron chi connectivity index (χ4n) is 3.94. The summed E-state index contributed by atoms with van der Waals surface area (Å²) < 4.78 is 16.4. The lowest BCUT2D eigenvalue weighted by molar-refractivity contribution is 0.0595. The Morgan fingerprint density at radius 1 is 1.14 bits per heavy atom. The minimum atomic E-state index is -0.618. The van der Waals surface area contributed by atoms with Gasteiger partial charge in [0.2, 0.25) is 5.88 Å². The second kappa shape index (κ2) is 9.76. The Hall–Kier alpha value is -3.91. The van der Waals surface area contributed by atoms with Gasteiger partial charge >= 0.3 is 5.97 Å². The van der Waals surface area contributed by atoms with E-state index < -0.39 is 5.97 Å². The zero-order valence-electron chi connectivity index (χ0n) is 19.9. The monoisotopic (exact) mass is 493 g/mol. The van der Waals surface area contributed by atoms with Gasteiger partial charge in [0.25, 0.3) is 0 Å². The van der Waals surface area contributed by atoms with E-state index in [1.165, 1.54) is 14.2 Å². The maximum Gasteiger partial charge on any atom is 0.358 e. The lowest BCUT2D eigenvalue weighted by atomic mass is 9.99. The molecular formula is C26H24ClN3O5. The third-order valence-corrected chi connectivity index (χ3v) is 5.89. The zero-order valence-corrected chi connectivity index (χ0v) is 20.7. The molecule has 35 heavy (non-hydrogen) atoms. The molecule has 0 radical (unpaired) electrons. The smallest absolute Gasteiger partial charge is 0.358 e. The number of ether oxygens (including phenoxy) is 2. The van der Waals surface area contributed by atoms with Gasteiger partial charge < -0.3 is 19.2 Å². The van der Waals surface area contributed by atoms with Crippen molar-refractivity contribution < 1.29 is 18.7 Å². The van der Waals surface area contributed by atoms with Crippen LogP contribution >= 0.6 is 11.6 Å². The van der Waals surface area contributed by atoms with Crippen molar-refractivity contribution in [2.75, 3.05) is 19.5 Å². The van der Waals surface area contributed by atoms with Crippen molar-refractivity contribution in [3.05, 3.63) is 80.4 Å². The molecule has 0 unspecified atom stereocenters. The topological polar surface area (TPSA) is 104 Å². The molecule has 3 heterocycles. The van der Waals surface area contributed by atoms with E-state index >= 15 is 0 Å². The second-order valence-electron chi connectivity index (χ2n) is 8.09. The summed E-state index contributed by atoms with van der Waals surface area (Å²) in [5, 5.41) is 3.93. The van der Waals surface area contributed by atoms with E-state index in [1.807, 2.05) is 26.0 Å². The summed E-state index contributed by atoms with van der Waals surface area (Å²) in [5.41, 5.74) is 3.62. The number of rotatable bonds is 6. The fraction of sp³-hybridized carbons (Fsp3) is 0.231. The molecule has 4 rings (SSSR count). The Bertz CT molecular complexity index is 1500. The van der Waals surface area contributed by atoms with Gasteiger partial charge in [0.15, 0.2) is 11.1 Å². The van der Waals surface area contributed by atoms with Crippen LogP contribution in [0.4, 0.5) is 5.69 Å². The lowest BCUT2D eigenvalue weighted by Gasteiger charge is -2.20. The molecule has 1 aromatic carbocycles. The standard InChI is InChI=1S/C26H24ClN3O5/c1-13-10-17(15(3)29-19-6-7-20(27)30-22(19)26(32)34-5)25-18(11-13)23(31)14(2)24(35-25)16-8-9-28-21(12-16)33-4/h6-12,15,29H,1-5H3/t15-/m1/s1. The summed E-state index contributed by atoms with van der Waals surface area (Å²) in [4.78, 5) is 33.9. The highest BCUT2D eigenvalue weighted by atomic mass is 35.5. The van der Waals surface area contributed by atoms with Crippen LogP contribution < -0.4 is 15.5 Å². The number of anilines is 1. The molecule has 8 nitrogen and oxygen atoms in total. The van der Waals surface area contributed by atoms with E-state index in [-0.39, 0.29) is 22.3 Å². The molecule has 180 valence electrons.